The summed E-state index contributed by atoms with van der Waals surface area (Å²) in [6.07, 6.45) is 11.3. The van der Waals surface area contributed by atoms with E-state index in [2.05, 4.69) is 6.92 Å². The predicted octanol–water partition coefficient (Wildman–Crippen LogP) is -3.17. The Labute approximate surface area is 157 Å². The zero-order valence-electron chi connectivity index (χ0n) is 12.5. The van der Waals surface area contributed by atoms with Crippen molar-refractivity contribution < 1.29 is 73.5 Å². The molecule has 0 fully saturated rings. The quantitative estimate of drug-likeness (QED) is 0.229. The molecule has 0 unspecified atom stereocenters. The first kappa shape index (κ1) is 25.1. The SMILES string of the molecule is CCCCCCCCCCCCP(=O)([O-])[O-].[Na+].[Na+]. The molecule has 0 atom stereocenters. The van der Waals surface area contributed by atoms with Gasteiger partial charge in [0.05, 0.1) is 0 Å². The van der Waals surface area contributed by atoms with Gasteiger partial charge in [-0.2, -0.15) is 0 Å². The van der Waals surface area contributed by atoms with Crippen LogP contribution in [0.2, 0.25) is 0 Å². The number of hydrogen-bond donors (Lipinski definition) is 0. The van der Waals surface area contributed by atoms with E-state index in [9.17, 15) is 14.4 Å². The minimum atomic E-state index is -4.24. The third-order valence-electron chi connectivity index (χ3n) is 2.79. The van der Waals surface area contributed by atoms with Crippen molar-refractivity contribution in [3.05, 3.63) is 0 Å². The first-order valence-electron chi connectivity index (χ1n) is 6.57. The zero-order valence-corrected chi connectivity index (χ0v) is 17.3. The average molecular weight is 294 g/mol. The van der Waals surface area contributed by atoms with Crippen LogP contribution in [0.4, 0.5) is 0 Å². The molecule has 0 amide bonds. The number of rotatable bonds is 11. The van der Waals surface area contributed by atoms with Crippen LogP contribution >= 0.6 is 7.60 Å². The van der Waals surface area contributed by atoms with Crippen molar-refractivity contribution in [3.63, 3.8) is 0 Å². The second-order valence-electron chi connectivity index (χ2n) is 4.52. The molecule has 0 rings (SSSR count). The minimum absolute atomic E-state index is 0. The summed E-state index contributed by atoms with van der Waals surface area (Å²) in [5.41, 5.74) is 0. The van der Waals surface area contributed by atoms with E-state index in [1.54, 1.807) is 0 Å². The summed E-state index contributed by atoms with van der Waals surface area (Å²) in [4.78, 5) is 20.7. The third-order valence-corrected chi connectivity index (χ3v) is 3.65. The van der Waals surface area contributed by atoms with Crippen LogP contribution in [-0.2, 0) is 4.57 Å². The fourth-order valence-electron chi connectivity index (χ4n) is 1.79. The molecule has 18 heavy (non-hydrogen) atoms. The largest absolute Gasteiger partial charge is 1.00 e. The second kappa shape index (κ2) is 17.2. The van der Waals surface area contributed by atoms with Crippen LogP contribution in [0.3, 0.4) is 0 Å². The second-order valence-corrected chi connectivity index (χ2v) is 6.19. The molecule has 0 aromatic heterocycles. The third kappa shape index (κ3) is 23.3. The standard InChI is InChI=1S/C12H27O3P.2Na/c1-2-3-4-5-6-7-8-9-10-11-12-16(13,14)15;;/h2-12H2,1H3,(H2,13,14,15);;/q;2*+1/p-2. The molecule has 0 heterocycles. The Morgan fingerprint density at radius 2 is 1.06 bits per heavy atom. The van der Waals surface area contributed by atoms with Crippen LogP contribution < -0.4 is 68.9 Å². The molecular weight excluding hydrogens is 269 g/mol. The maximum Gasteiger partial charge on any atom is 1.00 e. The zero-order chi connectivity index (χ0) is 12.3. The molecule has 98 valence electrons. The molecule has 0 bridgehead atoms. The van der Waals surface area contributed by atoms with E-state index in [0.717, 1.165) is 12.8 Å². The molecule has 0 spiro atoms. The van der Waals surface area contributed by atoms with Crippen LogP contribution in [0.1, 0.15) is 71.1 Å². The molecule has 0 aliphatic carbocycles. The summed E-state index contributed by atoms with van der Waals surface area (Å²) >= 11 is 0. The van der Waals surface area contributed by atoms with Gasteiger partial charge in [-0.15, -0.1) is 0 Å². The van der Waals surface area contributed by atoms with Crippen molar-refractivity contribution in [2.45, 2.75) is 71.1 Å². The van der Waals surface area contributed by atoms with Gasteiger partial charge in [0, 0.05) is 0 Å². The van der Waals surface area contributed by atoms with E-state index in [-0.39, 0.29) is 65.3 Å². The minimum Gasteiger partial charge on any atom is -0.811 e. The smallest absolute Gasteiger partial charge is 0.811 e. The molecule has 0 aliphatic heterocycles. The first-order valence-corrected chi connectivity index (χ1v) is 8.30. The van der Waals surface area contributed by atoms with Crippen LogP contribution in [0.25, 0.3) is 0 Å². The van der Waals surface area contributed by atoms with Crippen molar-refractivity contribution in [3.8, 4) is 0 Å². The Morgan fingerprint density at radius 1 is 0.722 bits per heavy atom. The normalized spacial score (nSPS) is 10.6. The van der Waals surface area contributed by atoms with Gasteiger partial charge in [0.1, 0.15) is 0 Å². The van der Waals surface area contributed by atoms with E-state index in [0.29, 0.717) is 6.42 Å². The van der Waals surface area contributed by atoms with Crippen molar-refractivity contribution in [2.24, 2.45) is 0 Å². The van der Waals surface area contributed by atoms with Crippen molar-refractivity contribution in [2.75, 3.05) is 6.16 Å². The van der Waals surface area contributed by atoms with Crippen LogP contribution in [0, 0.1) is 0 Å². The summed E-state index contributed by atoms with van der Waals surface area (Å²) in [5, 5.41) is 0. The first-order chi connectivity index (χ1) is 7.56. The van der Waals surface area contributed by atoms with Gasteiger partial charge < -0.3 is 14.4 Å². The van der Waals surface area contributed by atoms with Gasteiger partial charge in [-0.05, 0) is 12.6 Å². The Morgan fingerprint density at radius 3 is 1.39 bits per heavy atom. The fourth-order valence-corrected chi connectivity index (χ4v) is 2.40. The molecular formula is C12H25Na2O3P. The Balaban J connectivity index is -0.00000112. The summed E-state index contributed by atoms with van der Waals surface area (Å²) in [6.45, 7) is 2.21. The van der Waals surface area contributed by atoms with Crippen LogP contribution in [0.5, 0.6) is 0 Å². The molecule has 0 aliphatic rings. The van der Waals surface area contributed by atoms with Crippen LogP contribution in [0.15, 0.2) is 0 Å². The van der Waals surface area contributed by atoms with E-state index >= 15 is 0 Å². The van der Waals surface area contributed by atoms with Crippen molar-refractivity contribution in [1.29, 1.82) is 0 Å². The number of hydrogen-bond acceptors (Lipinski definition) is 3. The molecule has 0 saturated carbocycles. The Hall–Kier alpha value is 2.15. The van der Waals surface area contributed by atoms with E-state index in [4.69, 9.17) is 0 Å². The summed E-state index contributed by atoms with van der Waals surface area (Å²) < 4.78 is 10.3. The molecule has 0 aromatic rings. The van der Waals surface area contributed by atoms with Gasteiger partial charge in [-0.1, -0.05) is 72.3 Å². The molecule has 0 N–H and O–H groups in total. The molecule has 0 aromatic carbocycles. The fraction of sp³-hybridized carbons (Fsp3) is 1.00. The average Bonchev–Trinajstić information content (AvgIpc) is 2.19. The number of unbranched alkanes of at least 4 members (excludes halogenated alkanes) is 9. The van der Waals surface area contributed by atoms with E-state index in [1.807, 2.05) is 0 Å². The van der Waals surface area contributed by atoms with E-state index < -0.39 is 7.60 Å². The Kier molecular flexibility index (Phi) is 24.0. The van der Waals surface area contributed by atoms with Gasteiger partial charge >= 0.3 is 59.1 Å². The summed E-state index contributed by atoms with van der Waals surface area (Å²) in [7, 11) is -4.24. The Bertz CT molecular complexity index is 198. The van der Waals surface area contributed by atoms with Crippen molar-refractivity contribution in [1.82, 2.24) is 0 Å². The van der Waals surface area contributed by atoms with Crippen LogP contribution in [-0.4, -0.2) is 6.16 Å². The summed E-state index contributed by atoms with van der Waals surface area (Å²) in [5.74, 6) is 0. The molecule has 0 radical (unpaired) electrons. The topological polar surface area (TPSA) is 63.2 Å². The molecule has 0 saturated heterocycles. The van der Waals surface area contributed by atoms with E-state index in [1.165, 1.54) is 44.9 Å². The predicted molar refractivity (Wildman–Crippen MR) is 64.3 cm³/mol. The van der Waals surface area contributed by atoms with Gasteiger partial charge in [0.25, 0.3) is 0 Å². The van der Waals surface area contributed by atoms with Gasteiger partial charge in [0.2, 0.25) is 0 Å². The van der Waals surface area contributed by atoms with Gasteiger partial charge in [-0.3, -0.25) is 0 Å². The maximum absolute atomic E-state index is 10.3. The maximum atomic E-state index is 10.3. The van der Waals surface area contributed by atoms with Gasteiger partial charge in [-0.25, -0.2) is 0 Å². The van der Waals surface area contributed by atoms with Crippen molar-refractivity contribution >= 4 is 7.60 Å². The van der Waals surface area contributed by atoms with Gasteiger partial charge in [0.15, 0.2) is 0 Å². The molecule has 6 heteroatoms. The summed E-state index contributed by atoms with van der Waals surface area (Å²) in [6, 6.07) is 0. The monoisotopic (exact) mass is 294 g/mol. The molecule has 3 nitrogen and oxygen atoms in total.